The summed E-state index contributed by atoms with van der Waals surface area (Å²) in [5.74, 6) is -0.396. The van der Waals surface area contributed by atoms with Crippen molar-refractivity contribution in [2.75, 3.05) is 13.1 Å². The lowest BCUT2D eigenvalue weighted by atomic mass is 9.87. The number of hydrogen-bond acceptors (Lipinski definition) is 2. The van der Waals surface area contributed by atoms with Gasteiger partial charge in [-0.1, -0.05) is 18.6 Å². The van der Waals surface area contributed by atoms with Crippen LogP contribution < -0.4 is 0 Å². The third-order valence-electron chi connectivity index (χ3n) is 2.86. The van der Waals surface area contributed by atoms with E-state index in [1.807, 2.05) is 0 Å². The first kappa shape index (κ1) is 12.7. The van der Waals surface area contributed by atoms with Gasteiger partial charge < -0.3 is 4.90 Å². The fraction of sp³-hybridized carbons (Fsp3) is 0.538. The Hall–Kier alpha value is -1.38. The Morgan fingerprint density at radius 1 is 1.31 bits per heavy atom. The minimum absolute atomic E-state index is 0.0653. The van der Waals surface area contributed by atoms with Crippen molar-refractivity contribution in [3.63, 3.8) is 0 Å². The predicted octanol–water partition coefficient (Wildman–Crippen LogP) is 1.95. The molecule has 0 saturated heterocycles. The third-order valence-corrected chi connectivity index (χ3v) is 2.86. The quantitative estimate of drug-likeness (QED) is 0.525. The molecule has 0 radical (unpaired) electrons. The van der Waals surface area contributed by atoms with Crippen LogP contribution in [0.3, 0.4) is 0 Å². The molecule has 1 amide bonds. The van der Waals surface area contributed by atoms with Crippen LogP contribution in [0.25, 0.3) is 0 Å². The molecule has 0 spiro atoms. The maximum Gasteiger partial charge on any atom is 0.233 e. The van der Waals surface area contributed by atoms with Crippen molar-refractivity contribution < 1.29 is 9.59 Å². The van der Waals surface area contributed by atoms with Crippen molar-refractivity contribution in [1.82, 2.24) is 4.90 Å². The first-order valence-electron chi connectivity index (χ1n) is 5.74. The van der Waals surface area contributed by atoms with Gasteiger partial charge in [0.05, 0.1) is 5.92 Å². The van der Waals surface area contributed by atoms with Crippen LogP contribution in [0.2, 0.25) is 0 Å². The molecule has 1 unspecified atom stereocenters. The molecule has 16 heavy (non-hydrogen) atoms. The summed E-state index contributed by atoms with van der Waals surface area (Å²) >= 11 is 0. The zero-order valence-corrected chi connectivity index (χ0v) is 9.65. The zero-order valence-electron chi connectivity index (χ0n) is 9.65. The molecule has 1 fully saturated rings. The Bertz CT molecular complexity index is 286. The first-order valence-corrected chi connectivity index (χ1v) is 5.74. The average Bonchev–Trinajstić information content (AvgIpc) is 2.28. The van der Waals surface area contributed by atoms with Crippen molar-refractivity contribution in [3.05, 3.63) is 25.3 Å². The molecular formula is C13H19NO2. The van der Waals surface area contributed by atoms with E-state index in [1.165, 1.54) is 0 Å². The number of carbonyl (C=O) groups is 2. The predicted molar refractivity (Wildman–Crippen MR) is 63.9 cm³/mol. The van der Waals surface area contributed by atoms with Gasteiger partial charge in [0, 0.05) is 19.5 Å². The van der Waals surface area contributed by atoms with Crippen LogP contribution in [0.1, 0.15) is 25.7 Å². The third kappa shape index (κ3) is 3.05. The number of carbonyl (C=O) groups excluding carboxylic acids is 2. The Kier molecular flexibility index (Phi) is 4.96. The van der Waals surface area contributed by atoms with Crippen molar-refractivity contribution in [1.29, 1.82) is 0 Å². The molecule has 0 aromatic carbocycles. The number of ketones is 1. The van der Waals surface area contributed by atoms with Crippen LogP contribution in [-0.4, -0.2) is 29.7 Å². The summed E-state index contributed by atoms with van der Waals surface area (Å²) in [6, 6.07) is 0. The van der Waals surface area contributed by atoms with Crippen LogP contribution in [-0.2, 0) is 9.59 Å². The number of Topliss-reactive ketones (excluding diaryl/α,β-unsaturated/α-hetero) is 1. The van der Waals surface area contributed by atoms with E-state index in [9.17, 15) is 9.59 Å². The molecule has 1 aliphatic carbocycles. The lowest BCUT2D eigenvalue weighted by molar-refractivity contribution is -0.142. The van der Waals surface area contributed by atoms with Crippen LogP contribution in [0, 0.1) is 5.92 Å². The van der Waals surface area contributed by atoms with E-state index < -0.39 is 5.92 Å². The van der Waals surface area contributed by atoms with E-state index in [0.717, 1.165) is 12.8 Å². The lowest BCUT2D eigenvalue weighted by Crippen LogP contribution is -2.40. The maximum atomic E-state index is 12.1. The molecule has 1 saturated carbocycles. The fourth-order valence-corrected chi connectivity index (χ4v) is 2.03. The van der Waals surface area contributed by atoms with E-state index in [-0.39, 0.29) is 11.7 Å². The Morgan fingerprint density at radius 2 is 1.94 bits per heavy atom. The normalized spacial score (nSPS) is 20.2. The van der Waals surface area contributed by atoms with Gasteiger partial charge in [0.25, 0.3) is 0 Å². The second-order valence-electron chi connectivity index (χ2n) is 4.09. The molecule has 88 valence electrons. The van der Waals surface area contributed by atoms with E-state index >= 15 is 0 Å². The summed E-state index contributed by atoms with van der Waals surface area (Å²) in [5, 5.41) is 0. The lowest BCUT2D eigenvalue weighted by Gasteiger charge is -2.26. The van der Waals surface area contributed by atoms with Crippen molar-refractivity contribution >= 4 is 11.7 Å². The highest BCUT2D eigenvalue weighted by molar-refractivity contribution is 6.01. The molecule has 0 N–H and O–H groups in total. The highest BCUT2D eigenvalue weighted by Crippen LogP contribution is 2.22. The topological polar surface area (TPSA) is 37.4 Å². The SMILES string of the molecule is C=CCN(CC=C)C(=O)C1CCCCC1=O. The van der Waals surface area contributed by atoms with Gasteiger partial charge in [0.15, 0.2) is 0 Å². The van der Waals surface area contributed by atoms with Gasteiger partial charge in [-0.25, -0.2) is 0 Å². The Labute approximate surface area is 96.8 Å². The summed E-state index contributed by atoms with van der Waals surface area (Å²) < 4.78 is 0. The average molecular weight is 221 g/mol. The number of nitrogens with zero attached hydrogens (tertiary/aromatic N) is 1. The molecular weight excluding hydrogens is 202 g/mol. The molecule has 0 heterocycles. The van der Waals surface area contributed by atoms with E-state index in [0.29, 0.717) is 25.9 Å². The molecule has 3 heteroatoms. The van der Waals surface area contributed by atoms with Crippen LogP contribution in [0.15, 0.2) is 25.3 Å². The summed E-state index contributed by atoms with van der Waals surface area (Å²) in [7, 11) is 0. The van der Waals surface area contributed by atoms with Gasteiger partial charge in [-0.2, -0.15) is 0 Å². The number of amides is 1. The van der Waals surface area contributed by atoms with Gasteiger partial charge in [0.2, 0.25) is 5.91 Å². The van der Waals surface area contributed by atoms with Crippen molar-refractivity contribution in [3.8, 4) is 0 Å². The Morgan fingerprint density at radius 3 is 2.44 bits per heavy atom. The van der Waals surface area contributed by atoms with Gasteiger partial charge in [-0.3, -0.25) is 9.59 Å². The molecule has 0 aromatic rings. The molecule has 3 nitrogen and oxygen atoms in total. The Balaban J connectivity index is 2.67. The molecule has 0 bridgehead atoms. The molecule has 0 aliphatic heterocycles. The zero-order chi connectivity index (χ0) is 12.0. The second-order valence-corrected chi connectivity index (χ2v) is 4.09. The summed E-state index contributed by atoms with van der Waals surface area (Å²) in [6.45, 7) is 8.19. The summed E-state index contributed by atoms with van der Waals surface area (Å²) in [5.41, 5.74) is 0. The second kappa shape index (κ2) is 6.26. The van der Waals surface area contributed by atoms with E-state index in [4.69, 9.17) is 0 Å². The summed E-state index contributed by atoms with van der Waals surface area (Å²) in [6.07, 6.45) is 6.49. The molecule has 0 aromatic heterocycles. The number of hydrogen-bond donors (Lipinski definition) is 0. The fourth-order valence-electron chi connectivity index (χ4n) is 2.03. The maximum absolute atomic E-state index is 12.1. The van der Waals surface area contributed by atoms with Gasteiger partial charge in [-0.15, -0.1) is 13.2 Å². The standard InChI is InChI=1S/C13H19NO2/c1-3-9-14(10-4-2)13(16)11-7-5-6-8-12(11)15/h3-4,11H,1-2,5-10H2. The number of rotatable bonds is 5. The van der Waals surface area contributed by atoms with Crippen LogP contribution in [0.4, 0.5) is 0 Å². The summed E-state index contributed by atoms with van der Waals surface area (Å²) in [4.78, 5) is 25.4. The van der Waals surface area contributed by atoms with Crippen LogP contribution >= 0.6 is 0 Å². The van der Waals surface area contributed by atoms with Gasteiger partial charge >= 0.3 is 0 Å². The van der Waals surface area contributed by atoms with Gasteiger partial charge in [-0.05, 0) is 12.8 Å². The highest BCUT2D eigenvalue weighted by atomic mass is 16.2. The van der Waals surface area contributed by atoms with Crippen molar-refractivity contribution in [2.45, 2.75) is 25.7 Å². The minimum Gasteiger partial charge on any atom is -0.335 e. The van der Waals surface area contributed by atoms with Gasteiger partial charge in [0.1, 0.15) is 5.78 Å². The molecule has 1 aliphatic rings. The highest BCUT2D eigenvalue weighted by Gasteiger charge is 2.31. The smallest absolute Gasteiger partial charge is 0.233 e. The van der Waals surface area contributed by atoms with E-state index in [1.54, 1.807) is 17.1 Å². The minimum atomic E-state index is -0.423. The van der Waals surface area contributed by atoms with Crippen LogP contribution in [0.5, 0.6) is 0 Å². The monoisotopic (exact) mass is 221 g/mol. The van der Waals surface area contributed by atoms with E-state index in [2.05, 4.69) is 13.2 Å². The van der Waals surface area contributed by atoms with Crippen molar-refractivity contribution in [2.24, 2.45) is 5.92 Å². The largest absolute Gasteiger partial charge is 0.335 e. The first-order chi connectivity index (χ1) is 7.70. The molecule has 1 atom stereocenters. The molecule has 1 rings (SSSR count).